The monoisotopic (exact) mass is 342 g/mol. The number of aryl methyl sites for hydroxylation is 1. The number of ether oxygens (including phenoxy) is 2. The van der Waals surface area contributed by atoms with Gasteiger partial charge in [-0.15, -0.1) is 0 Å². The summed E-state index contributed by atoms with van der Waals surface area (Å²) in [5, 5.41) is 15.8. The number of hydrogen-bond donors (Lipinski definition) is 1. The van der Waals surface area contributed by atoms with Crippen LogP contribution in [0.3, 0.4) is 0 Å². The molecule has 1 heterocycles. The molecule has 0 fully saturated rings. The third-order valence-electron chi connectivity index (χ3n) is 3.71. The molecule has 8 heteroatoms. The van der Waals surface area contributed by atoms with Gasteiger partial charge in [0.25, 0.3) is 5.56 Å². The Labute approximate surface area is 144 Å². The van der Waals surface area contributed by atoms with E-state index in [1.54, 1.807) is 32.0 Å². The van der Waals surface area contributed by atoms with E-state index >= 15 is 0 Å². The molecule has 130 valence electrons. The van der Waals surface area contributed by atoms with Crippen molar-refractivity contribution in [3.05, 3.63) is 45.4 Å². The minimum absolute atomic E-state index is 0.00795. The van der Waals surface area contributed by atoms with E-state index in [0.717, 1.165) is 4.68 Å². The van der Waals surface area contributed by atoms with Crippen molar-refractivity contribution in [3.63, 3.8) is 0 Å². The average molecular weight is 342 g/mol. The summed E-state index contributed by atoms with van der Waals surface area (Å²) in [6.45, 7) is 3.03. The molecule has 0 aliphatic rings. The molecular formula is C17H18N4O4. The molecule has 1 N–H and O–H groups in total. The summed E-state index contributed by atoms with van der Waals surface area (Å²) in [6.07, 6.45) is 0. The Morgan fingerprint density at radius 1 is 1.28 bits per heavy atom. The van der Waals surface area contributed by atoms with Crippen LogP contribution < -0.4 is 20.3 Å². The van der Waals surface area contributed by atoms with Gasteiger partial charge >= 0.3 is 0 Å². The van der Waals surface area contributed by atoms with Gasteiger partial charge in [0, 0.05) is 11.8 Å². The molecule has 0 bridgehead atoms. The first-order valence-electron chi connectivity index (χ1n) is 7.41. The molecule has 0 saturated heterocycles. The van der Waals surface area contributed by atoms with Gasteiger partial charge in [-0.05, 0) is 31.5 Å². The number of nitrogens with zero attached hydrogens (tertiary/aromatic N) is 3. The first-order valence-corrected chi connectivity index (χ1v) is 7.41. The number of rotatable bonds is 5. The Hall–Kier alpha value is -3.34. The highest BCUT2D eigenvalue weighted by Crippen LogP contribution is 2.29. The second-order valence-electron chi connectivity index (χ2n) is 5.28. The average Bonchev–Trinajstić information content (AvgIpc) is 2.60. The van der Waals surface area contributed by atoms with Crippen molar-refractivity contribution in [1.29, 1.82) is 5.26 Å². The Kier molecular flexibility index (Phi) is 5.39. The van der Waals surface area contributed by atoms with Crippen molar-refractivity contribution in [1.82, 2.24) is 9.78 Å². The van der Waals surface area contributed by atoms with E-state index in [2.05, 4.69) is 10.4 Å². The maximum absolute atomic E-state index is 12.2. The molecule has 0 spiro atoms. The Bertz CT molecular complexity index is 912. The van der Waals surface area contributed by atoms with Crippen LogP contribution in [0.25, 0.3) is 0 Å². The van der Waals surface area contributed by atoms with E-state index in [0.29, 0.717) is 28.4 Å². The van der Waals surface area contributed by atoms with Crippen LogP contribution in [0.4, 0.5) is 5.69 Å². The van der Waals surface area contributed by atoms with Gasteiger partial charge in [0.05, 0.1) is 19.9 Å². The standard InChI is InChI=1S/C17H18N4O4/c1-10-11(2)20-21(17(23)13(10)8-18)9-16(22)19-12-5-6-14(24-3)15(7-12)25-4/h5-7H,9H2,1-4H3,(H,19,22). The van der Waals surface area contributed by atoms with Crippen molar-refractivity contribution in [2.75, 3.05) is 19.5 Å². The zero-order valence-corrected chi connectivity index (χ0v) is 14.4. The fraction of sp³-hybridized carbons (Fsp3) is 0.294. The van der Waals surface area contributed by atoms with Gasteiger partial charge in [0.1, 0.15) is 18.2 Å². The molecule has 1 amide bonds. The van der Waals surface area contributed by atoms with Gasteiger partial charge in [-0.2, -0.15) is 10.4 Å². The molecule has 8 nitrogen and oxygen atoms in total. The summed E-state index contributed by atoms with van der Waals surface area (Å²) >= 11 is 0. The van der Waals surface area contributed by atoms with E-state index in [1.165, 1.54) is 14.2 Å². The van der Waals surface area contributed by atoms with Crippen LogP contribution in [0.5, 0.6) is 11.5 Å². The molecule has 2 rings (SSSR count). The van der Waals surface area contributed by atoms with Crippen LogP contribution in [0.1, 0.15) is 16.8 Å². The molecule has 0 aliphatic carbocycles. The van der Waals surface area contributed by atoms with E-state index in [-0.39, 0.29) is 12.1 Å². The van der Waals surface area contributed by atoms with Crippen LogP contribution >= 0.6 is 0 Å². The van der Waals surface area contributed by atoms with Gasteiger partial charge < -0.3 is 14.8 Å². The first-order chi connectivity index (χ1) is 11.9. The predicted octanol–water partition coefficient (Wildman–Crippen LogP) is 1.39. The third-order valence-corrected chi connectivity index (χ3v) is 3.71. The molecule has 1 aromatic heterocycles. The van der Waals surface area contributed by atoms with Crippen LogP contribution in [0, 0.1) is 25.2 Å². The highest BCUT2D eigenvalue weighted by molar-refractivity contribution is 5.90. The second-order valence-corrected chi connectivity index (χ2v) is 5.28. The lowest BCUT2D eigenvalue weighted by Gasteiger charge is -2.12. The summed E-state index contributed by atoms with van der Waals surface area (Å²) in [4.78, 5) is 24.4. The molecule has 0 saturated carbocycles. The maximum atomic E-state index is 12.2. The zero-order valence-electron chi connectivity index (χ0n) is 14.4. The molecule has 0 radical (unpaired) electrons. The van der Waals surface area contributed by atoms with Crippen LogP contribution in [-0.4, -0.2) is 29.9 Å². The molecular weight excluding hydrogens is 324 g/mol. The number of amides is 1. The highest BCUT2D eigenvalue weighted by Gasteiger charge is 2.14. The molecule has 1 aromatic carbocycles. The quantitative estimate of drug-likeness (QED) is 0.880. The predicted molar refractivity (Wildman–Crippen MR) is 90.9 cm³/mol. The van der Waals surface area contributed by atoms with Gasteiger partial charge in [-0.25, -0.2) is 4.68 Å². The zero-order chi connectivity index (χ0) is 18.6. The smallest absolute Gasteiger partial charge is 0.285 e. The highest BCUT2D eigenvalue weighted by atomic mass is 16.5. The summed E-state index contributed by atoms with van der Waals surface area (Å²) < 4.78 is 11.3. The Morgan fingerprint density at radius 2 is 1.96 bits per heavy atom. The molecule has 0 unspecified atom stereocenters. The maximum Gasteiger partial charge on any atom is 0.285 e. The van der Waals surface area contributed by atoms with Gasteiger partial charge in [-0.3, -0.25) is 9.59 Å². The topological polar surface area (TPSA) is 106 Å². The van der Waals surface area contributed by atoms with Crippen molar-refractivity contribution in [3.8, 4) is 17.6 Å². The summed E-state index contributed by atoms with van der Waals surface area (Å²) in [5.74, 6) is 0.550. The van der Waals surface area contributed by atoms with E-state index < -0.39 is 11.5 Å². The van der Waals surface area contributed by atoms with Crippen molar-refractivity contribution in [2.24, 2.45) is 0 Å². The van der Waals surface area contributed by atoms with E-state index in [4.69, 9.17) is 14.7 Å². The minimum Gasteiger partial charge on any atom is -0.493 e. The van der Waals surface area contributed by atoms with Crippen LogP contribution in [0.15, 0.2) is 23.0 Å². The van der Waals surface area contributed by atoms with Gasteiger partial charge in [0.2, 0.25) is 5.91 Å². The number of benzene rings is 1. The van der Waals surface area contributed by atoms with Crippen LogP contribution in [0.2, 0.25) is 0 Å². The third kappa shape index (κ3) is 3.77. The lowest BCUT2D eigenvalue weighted by atomic mass is 10.1. The Morgan fingerprint density at radius 3 is 2.56 bits per heavy atom. The lowest BCUT2D eigenvalue weighted by Crippen LogP contribution is -2.32. The second kappa shape index (κ2) is 7.49. The molecule has 0 aliphatic heterocycles. The molecule has 2 aromatic rings. The minimum atomic E-state index is -0.590. The van der Waals surface area contributed by atoms with Crippen molar-refractivity contribution < 1.29 is 14.3 Å². The number of hydrogen-bond acceptors (Lipinski definition) is 6. The summed E-state index contributed by atoms with van der Waals surface area (Å²) in [5.41, 5.74) is 0.929. The number of carbonyl (C=O) groups excluding carboxylic acids is 1. The number of nitrogens with one attached hydrogen (secondary N) is 1. The summed E-state index contributed by atoms with van der Waals surface area (Å²) in [7, 11) is 3.01. The van der Waals surface area contributed by atoms with Crippen molar-refractivity contribution >= 4 is 11.6 Å². The SMILES string of the molecule is COc1ccc(NC(=O)Cn2nc(C)c(C)c(C#N)c2=O)cc1OC. The van der Waals surface area contributed by atoms with E-state index in [1.807, 2.05) is 6.07 Å². The Balaban J connectivity index is 2.23. The number of carbonyl (C=O) groups is 1. The molecule has 25 heavy (non-hydrogen) atoms. The number of nitriles is 1. The first kappa shape index (κ1) is 18.0. The van der Waals surface area contributed by atoms with Gasteiger partial charge in [-0.1, -0.05) is 0 Å². The molecule has 0 atom stereocenters. The number of methoxy groups -OCH3 is 2. The largest absolute Gasteiger partial charge is 0.493 e. The van der Waals surface area contributed by atoms with Crippen molar-refractivity contribution in [2.45, 2.75) is 20.4 Å². The number of aromatic nitrogens is 2. The summed E-state index contributed by atoms with van der Waals surface area (Å²) in [6, 6.07) is 6.77. The van der Waals surface area contributed by atoms with Gasteiger partial charge in [0.15, 0.2) is 11.5 Å². The fourth-order valence-corrected chi connectivity index (χ4v) is 2.26. The van der Waals surface area contributed by atoms with E-state index in [9.17, 15) is 9.59 Å². The lowest BCUT2D eigenvalue weighted by molar-refractivity contribution is -0.117. The fourth-order valence-electron chi connectivity index (χ4n) is 2.26. The normalized spacial score (nSPS) is 10.0. The number of anilines is 1. The van der Waals surface area contributed by atoms with Crippen LogP contribution in [-0.2, 0) is 11.3 Å².